The number of anilines is 1. The van der Waals surface area contributed by atoms with Crippen LogP contribution >= 0.6 is 0 Å². The van der Waals surface area contributed by atoms with Crippen molar-refractivity contribution in [2.24, 2.45) is 0 Å². The average molecular weight is 237 g/mol. The Morgan fingerprint density at radius 2 is 1.94 bits per heavy atom. The van der Waals surface area contributed by atoms with Crippen LogP contribution in [-0.4, -0.2) is 22.6 Å². The SMILES string of the molecule is CCCc1nc(NCC)c(C)c(OC(C)C)n1. The Hall–Kier alpha value is -1.32. The van der Waals surface area contributed by atoms with Gasteiger partial charge in [-0.1, -0.05) is 6.92 Å². The van der Waals surface area contributed by atoms with Crippen LogP contribution in [0.25, 0.3) is 0 Å². The van der Waals surface area contributed by atoms with Crippen molar-refractivity contribution in [2.45, 2.75) is 53.6 Å². The lowest BCUT2D eigenvalue weighted by atomic mass is 10.2. The van der Waals surface area contributed by atoms with Crippen molar-refractivity contribution < 1.29 is 4.74 Å². The van der Waals surface area contributed by atoms with Gasteiger partial charge in [0.15, 0.2) is 0 Å². The summed E-state index contributed by atoms with van der Waals surface area (Å²) in [4.78, 5) is 8.99. The minimum Gasteiger partial charge on any atom is -0.475 e. The highest BCUT2D eigenvalue weighted by atomic mass is 16.5. The van der Waals surface area contributed by atoms with Crippen LogP contribution in [0.1, 0.15) is 45.5 Å². The molecule has 0 aliphatic rings. The molecule has 17 heavy (non-hydrogen) atoms. The smallest absolute Gasteiger partial charge is 0.222 e. The summed E-state index contributed by atoms with van der Waals surface area (Å²) in [5.74, 6) is 2.45. The molecule has 1 N–H and O–H groups in total. The van der Waals surface area contributed by atoms with Crippen LogP contribution in [0.15, 0.2) is 0 Å². The van der Waals surface area contributed by atoms with Crippen LogP contribution in [0, 0.1) is 6.92 Å². The summed E-state index contributed by atoms with van der Waals surface area (Å²) in [6.45, 7) is 11.0. The normalized spacial score (nSPS) is 10.7. The van der Waals surface area contributed by atoms with Gasteiger partial charge in [-0.05, 0) is 34.1 Å². The van der Waals surface area contributed by atoms with Crippen molar-refractivity contribution >= 4 is 5.82 Å². The highest BCUT2D eigenvalue weighted by Gasteiger charge is 2.12. The molecule has 0 bridgehead atoms. The molecule has 0 saturated heterocycles. The summed E-state index contributed by atoms with van der Waals surface area (Å²) < 4.78 is 5.73. The predicted molar refractivity (Wildman–Crippen MR) is 70.7 cm³/mol. The van der Waals surface area contributed by atoms with Gasteiger partial charge in [0.05, 0.1) is 11.7 Å². The zero-order valence-electron chi connectivity index (χ0n) is 11.5. The van der Waals surface area contributed by atoms with Gasteiger partial charge in [-0.15, -0.1) is 0 Å². The maximum atomic E-state index is 5.73. The Labute approximate surface area is 104 Å². The molecule has 0 aromatic carbocycles. The average Bonchev–Trinajstić information content (AvgIpc) is 2.24. The third-order valence-electron chi connectivity index (χ3n) is 2.31. The van der Waals surface area contributed by atoms with E-state index in [1.807, 2.05) is 20.8 Å². The number of ether oxygens (including phenoxy) is 1. The second-order valence-electron chi connectivity index (χ2n) is 4.37. The minimum atomic E-state index is 0.132. The topological polar surface area (TPSA) is 47.0 Å². The van der Waals surface area contributed by atoms with Gasteiger partial charge in [-0.25, -0.2) is 4.98 Å². The Kier molecular flexibility index (Phi) is 5.19. The molecular formula is C13H23N3O. The molecule has 4 nitrogen and oxygen atoms in total. The Balaban J connectivity index is 3.07. The summed E-state index contributed by atoms with van der Waals surface area (Å²) in [5, 5.41) is 3.26. The van der Waals surface area contributed by atoms with Gasteiger partial charge in [-0.3, -0.25) is 0 Å². The van der Waals surface area contributed by atoms with Crippen LogP contribution in [0.5, 0.6) is 5.88 Å². The summed E-state index contributed by atoms with van der Waals surface area (Å²) >= 11 is 0. The van der Waals surface area contributed by atoms with E-state index in [1.54, 1.807) is 0 Å². The fourth-order valence-electron chi connectivity index (χ4n) is 1.55. The quantitative estimate of drug-likeness (QED) is 0.826. The lowest BCUT2D eigenvalue weighted by molar-refractivity contribution is 0.230. The lowest BCUT2D eigenvalue weighted by Gasteiger charge is -2.15. The van der Waals surface area contributed by atoms with Crippen LogP contribution in [0.4, 0.5) is 5.82 Å². The van der Waals surface area contributed by atoms with Crippen LogP contribution < -0.4 is 10.1 Å². The molecule has 1 rings (SSSR count). The number of hydrogen-bond donors (Lipinski definition) is 1. The number of aromatic nitrogens is 2. The zero-order chi connectivity index (χ0) is 12.8. The van der Waals surface area contributed by atoms with Gasteiger partial charge in [0.2, 0.25) is 5.88 Å². The van der Waals surface area contributed by atoms with E-state index in [9.17, 15) is 0 Å². The van der Waals surface area contributed by atoms with Gasteiger partial charge in [-0.2, -0.15) is 4.98 Å². The first-order valence-corrected chi connectivity index (χ1v) is 6.36. The maximum absolute atomic E-state index is 5.73. The molecule has 1 heterocycles. The van der Waals surface area contributed by atoms with Gasteiger partial charge in [0, 0.05) is 13.0 Å². The minimum absolute atomic E-state index is 0.132. The lowest BCUT2D eigenvalue weighted by Crippen LogP contribution is -2.13. The van der Waals surface area contributed by atoms with Gasteiger partial charge in [0.1, 0.15) is 11.6 Å². The highest BCUT2D eigenvalue weighted by Crippen LogP contribution is 2.23. The van der Waals surface area contributed by atoms with E-state index in [4.69, 9.17) is 4.74 Å². The fraction of sp³-hybridized carbons (Fsp3) is 0.692. The van der Waals surface area contributed by atoms with Crippen molar-refractivity contribution in [1.82, 2.24) is 9.97 Å². The summed E-state index contributed by atoms with van der Waals surface area (Å²) in [7, 11) is 0. The van der Waals surface area contributed by atoms with Crippen LogP contribution in [-0.2, 0) is 6.42 Å². The zero-order valence-corrected chi connectivity index (χ0v) is 11.5. The molecule has 4 heteroatoms. The first-order valence-electron chi connectivity index (χ1n) is 6.36. The molecular weight excluding hydrogens is 214 g/mol. The predicted octanol–water partition coefficient (Wildman–Crippen LogP) is 2.96. The van der Waals surface area contributed by atoms with Crippen LogP contribution in [0.3, 0.4) is 0 Å². The third-order valence-corrected chi connectivity index (χ3v) is 2.31. The number of aryl methyl sites for hydroxylation is 1. The molecule has 0 amide bonds. The van der Waals surface area contributed by atoms with E-state index in [0.717, 1.165) is 36.6 Å². The largest absolute Gasteiger partial charge is 0.475 e. The number of rotatable bonds is 6. The van der Waals surface area contributed by atoms with E-state index in [1.165, 1.54) is 0 Å². The van der Waals surface area contributed by atoms with E-state index < -0.39 is 0 Å². The van der Waals surface area contributed by atoms with E-state index in [0.29, 0.717) is 5.88 Å². The molecule has 0 saturated carbocycles. The molecule has 96 valence electrons. The molecule has 0 aliphatic heterocycles. The summed E-state index contributed by atoms with van der Waals surface area (Å²) in [5.41, 5.74) is 0.986. The van der Waals surface area contributed by atoms with Crippen molar-refractivity contribution in [3.8, 4) is 5.88 Å². The molecule has 0 fully saturated rings. The molecule has 1 aromatic rings. The van der Waals surface area contributed by atoms with Crippen molar-refractivity contribution in [2.75, 3.05) is 11.9 Å². The molecule has 0 atom stereocenters. The first kappa shape index (κ1) is 13.7. The highest BCUT2D eigenvalue weighted by molar-refractivity contribution is 5.48. The standard InChI is InChI=1S/C13H23N3O/c1-6-8-11-15-12(14-7-2)10(5)13(16-11)17-9(3)4/h9H,6-8H2,1-5H3,(H,14,15,16). The van der Waals surface area contributed by atoms with E-state index in [2.05, 4.69) is 29.1 Å². The number of nitrogens with zero attached hydrogens (tertiary/aromatic N) is 2. The first-order chi connectivity index (χ1) is 8.08. The van der Waals surface area contributed by atoms with Gasteiger partial charge >= 0.3 is 0 Å². The Morgan fingerprint density at radius 1 is 1.24 bits per heavy atom. The maximum Gasteiger partial charge on any atom is 0.222 e. The molecule has 0 radical (unpaired) electrons. The van der Waals surface area contributed by atoms with Gasteiger partial charge < -0.3 is 10.1 Å². The fourth-order valence-corrected chi connectivity index (χ4v) is 1.55. The van der Waals surface area contributed by atoms with Crippen LogP contribution in [0.2, 0.25) is 0 Å². The van der Waals surface area contributed by atoms with E-state index >= 15 is 0 Å². The molecule has 0 aliphatic carbocycles. The summed E-state index contributed by atoms with van der Waals surface area (Å²) in [6.07, 6.45) is 2.05. The monoisotopic (exact) mass is 237 g/mol. The summed E-state index contributed by atoms with van der Waals surface area (Å²) in [6, 6.07) is 0. The number of hydrogen-bond acceptors (Lipinski definition) is 4. The van der Waals surface area contributed by atoms with Crippen molar-refractivity contribution in [3.05, 3.63) is 11.4 Å². The van der Waals surface area contributed by atoms with Gasteiger partial charge in [0.25, 0.3) is 0 Å². The Morgan fingerprint density at radius 3 is 2.47 bits per heavy atom. The molecule has 0 unspecified atom stereocenters. The second kappa shape index (κ2) is 6.42. The third kappa shape index (κ3) is 3.88. The van der Waals surface area contributed by atoms with E-state index in [-0.39, 0.29) is 6.10 Å². The number of nitrogens with one attached hydrogen (secondary N) is 1. The molecule has 0 spiro atoms. The Bertz CT molecular complexity index is 364. The van der Waals surface area contributed by atoms with Crippen molar-refractivity contribution in [3.63, 3.8) is 0 Å². The second-order valence-corrected chi connectivity index (χ2v) is 4.37. The van der Waals surface area contributed by atoms with Crippen molar-refractivity contribution in [1.29, 1.82) is 0 Å². The molecule has 1 aromatic heterocycles.